The van der Waals surface area contributed by atoms with Gasteiger partial charge in [0.1, 0.15) is 6.61 Å². The van der Waals surface area contributed by atoms with E-state index in [9.17, 15) is 4.79 Å². The zero-order valence-corrected chi connectivity index (χ0v) is 9.99. The summed E-state index contributed by atoms with van der Waals surface area (Å²) >= 11 is 0. The fourth-order valence-electron chi connectivity index (χ4n) is 2.32. The van der Waals surface area contributed by atoms with E-state index in [2.05, 4.69) is 0 Å². The summed E-state index contributed by atoms with van der Waals surface area (Å²) in [5, 5.41) is 0. The van der Waals surface area contributed by atoms with Gasteiger partial charge in [-0.3, -0.25) is 4.90 Å². The third-order valence-electron chi connectivity index (χ3n) is 3.30. The van der Waals surface area contributed by atoms with E-state index < -0.39 is 0 Å². The Kier molecular flexibility index (Phi) is 3.02. The largest absolute Gasteiger partial charge is 0.447 e. The van der Waals surface area contributed by atoms with E-state index in [1.165, 1.54) is 0 Å². The summed E-state index contributed by atoms with van der Waals surface area (Å²) in [6.07, 6.45) is 3.66. The molecule has 0 aromatic heterocycles. The highest BCUT2D eigenvalue weighted by Crippen LogP contribution is 2.22. The van der Waals surface area contributed by atoms with E-state index in [1.54, 1.807) is 4.90 Å². The van der Waals surface area contributed by atoms with Gasteiger partial charge >= 0.3 is 6.09 Å². The summed E-state index contributed by atoms with van der Waals surface area (Å²) < 4.78 is 10.9. The van der Waals surface area contributed by atoms with Crippen LogP contribution in [-0.4, -0.2) is 36.3 Å². The Morgan fingerprint density at radius 2 is 2.17 bits per heavy atom. The molecule has 2 atom stereocenters. The van der Waals surface area contributed by atoms with Gasteiger partial charge in [0.2, 0.25) is 0 Å². The number of cyclic esters (lactones) is 1. The molecule has 0 N–H and O–H groups in total. The quantitative estimate of drug-likeness (QED) is 0.764. The van der Waals surface area contributed by atoms with Gasteiger partial charge in [0.25, 0.3) is 0 Å². The predicted molar refractivity (Wildman–Crippen MR) is 66.0 cm³/mol. The molecule has 3 rings (SSSR count). The molecule has 0 radical (unpaired) electrons. The lowest BCUT2D eigenvalue weighted by Gasteiger charge is -2.29. The molecule has 0 unspecified atom stereocenters. The van der Waals surface area contributed by atoms with Crippen molar-refractivity contribution in [2.24, 2.45) is 0 Å². The monoisotopic (exact) mass is 245 g/mol. The van der Waals surface area contributed by atoms with Crippen LogP contribution in [0.2, 0.25) is 0 Å². The first kappa shape index (κ1) is 11.3. The molecule has 1 aromatic carbocycles. The van der Waals surface area contributed by atoms with Crippen LogP contribution >= 0.6 is 0 Å². The van der Waals surface area contributed by atoms with Crippen molar-refractivity contribution in [1.29, 1.82) is 0 Å². The molecule has 1 fully saturated rings. The lowest BCUT2D eigenvalue weighted by molar-refractivity contribution is 0.0218. The first-order chi connectivity index (χ1) is 8.84. The highest BCUT2D eigenvalue weighted by atomic mass is 16.6. The molecule has 1 aromatic rings. The number of amides is 1. The van der Waals surface area contributed by atoms with Crippen molar-refractivity contribution in [1.82, 2.24) is 4.90 Å². The van der Waals surface area contributed by atoms with Crippen LogP contribution in [0.1, 0.15) is 5.56 Å². The number of ether oxygens (including phenoxy) is 2. The average Bonchev–Trinajstić information content (AvgIpc) is 2.80. The van der Waals surface area contributed by atoms with Crippen molar-refractivity contribution in [2.45, 2.75) is 18.8 Å². The second-order valence-corrected chi connectivity index (χ2v) is 4.49. The van der Waals surface area contributed by atoms with E-state index >= 15 is 0 Å². The minimum absolute atomic E-state index is 0.0196. The Hall–Kier alpha value is -1.81. The zero-order valence-electron chi connectivity index (χ0n) is 9.99. The summed E-state index contributed by atoms with van der Waals surface area (Å²) in [5.74, 6) is 0. The van der Waals surface area contributed by atoms with Gasteiger partial charge in [0, 0.05) is 6.54 Å². The van der Waals surface area contributed by atoms with Crippen LogP contribution in [0, 0.1) is 0 Å². The average molecular weight is 245 g/mol. The summed E-state index contributed by atoms with van der Waals surface area (Å²) in [4.78, 5) is 13.2. The van der Waals surface area contributed by atoms with Crippen LogP contribution < -0.4 is 0 Å². The first-order valence-electron chi connectivity index (χ1n) is 6.10. The highest BCUT2D eigenvalue weighted by Gasteiger charge is 2.39. The second kappa shape index (κ2) is 4.82. The molecule has 94 valence electrons. The maximum atomic E-state index is 11.4. The van der Waals surface area contributed by atoms with Crippen molar-refractivity contribution in [3.63, 3.8) is 0 Å². The fourth-order valence-corrected chi connectivity index (χ4v) is 2.32. The lowest BCUT2D eigenvalue weighted by Crippen LogP contribution is -2.45. The van der Waals surface area contributed by atoms with Crippen LogP contribution in [-0.2, 0) is 16.1 Å². The Labute approximate surface area is 106 Å². The minimum Gasteiger partial charge on any atom is -0.447 e. The van der Waals surface area contributed by atoms with E-state index in [-0.39, 0.29) is 18.2 Å². The van der Waals surface area contributed by atoms with Gasteiger partial charge in [0.15, 0.2) is 0 Å². The summed E-state index contributed by atoms with van der Waals surface area (Å²) in [6.45, 7) is 1.59. The van der Waals surface area contributed by atoms with Gasteiger partial charge in [-0.15, -0.1) is 0 Å². The van der Waals surface area contributed by atoms with Gasteiger partial charge in [-0.05, 0) is 5.56 Å². The molecule has 1 amide bonds. The molecular formula is C14H15NO3. The molecule has 0 aliphatic carbocycles. The molecule has 0 bridgehead atoms. The van der Waals surface area contributed by atoms with Gasteiger partial charge in [-0.2, -0.15) is 0 Å². The molecule has 2 heterocycles. The van der Waals surface area contributed by atoms with Crippen LogP contribution in [0.15, 0.2) is 42.5 Å². The topological polar surface area (TPSA) is 38.8 Å². The molecule has 4 nitrogen and oxygen atoms in total. The molecule has 1 saturated heterocycles. The Morgan fingerprint density at radius 3 is 3.00 bits per heavy atom. The second-order valence-electron chi connectivity index (χ2n) is 4.49. The van der Waals surface area contributed by atoms with Crippen molar-refractivity contribution in [3.8, 4) is 0 Å². The number of carbonyl (C=O) groups is 1. The number of hydrogen-bond donors (Lipinski definition) is 0. The summed E-state index contributed by atoms with van der Waals surface area (Å²) in [5.41, 5.74) is 1.13. The molecular weight excluding hydrogens is 230 g/mol. The van der Waals surface area contributed by atoms with Crippen LogP contribution in [0.4, 0.5) is 4.79 Å². The molecule has 18 heavy (non-hydrogen) atoms. The van der Waals surface area contributed by atoms with E-state index in [1.807, 2.05) is 42.5 Å². The zero-order chi connectivity index (χ0) is 12.4. The van der Waals surface area contributed by atoms with Crippen LogP contribution in [0.25, 0.3) is 0 Å². The van der Waals surface area contributed by atoms with Crippen molar-refractivity contribution in [2.75, 3.05) is 13.2 Å². The third-order valence-corrected chi connectivity index (χ3v) is 3.30. The van der Waals surface area contributed by atoms with Crippen molar-refractivity contribution in [3.05, 3.63) is 48.0 Å². The van der Waals surface area contributed by atoms with Gasteiger partial charge in [-0.1, -0.05) is 42.5 Å². The van der Waals surface area contributed by atoms with Crippen molar-refractivity contribution < 1.29 is 14.3 Å². The fraction of sp³-hybridized carbons (Fsp3) is 0.357. The van der Waals surface area contributed by atoms with E-state index in [0.29, 0.717) is 19.8 Å². The van der Waals surface area contributed by atoms with Crippen molar-refractivity contribution >= 4 is 6.09 Å². The van der Waals surface area contributed by atoms with E-state index in [0.717, 1.165) is 5.56 Å². The lowest BCUT2D eigenvalue weighted by atomic mass is 10.1. The van der Waals surface area contributed by atoms with Gasteiger partial charge < -0.3 is 9.47 Å². The Bertz CT molecular complexity index is 457. The van der Waals surface area contributed by atoms with Crippen LogP contribution in [0.3, 0.4) is 0 Å². The number of fused-ring (bicyclic) bond motifs is 1. The predicted octanol–water partition coefficient (Wildman–Crippen LogP) is 1.96. The molecule has 2 aliphatic heterocycles. The third kappa shape index (κ3) is 2.11. The maximum absolute atomic E-state index is 11.4. The number of rotatable bonds is 3. The maximum Gasteiger partial charge on any atom is 0.410 e. The SMILES string of the molecule is O=C1OC[C@@H]2[C@@H](OCc3ccccc3)C=CCN12. The Balaban J connectivity index is 1.64. The number of benzene rings is 1. The Morgan fingerprint density at radius 1 is 1.33 bits per heavy atom. The molecule has 4 heteroatoms. The number of carbonyl (C=O) groups excluding carboxylic acids is 1. The van der Waals surface area contributed by atoms with E-state index in [4.69, 9.17) is 9.47 Å². The smallest absolute Gasteiger partial charge is 0.410 e. The first-order valence-corrected chi connectivity index (χ1v) is 6.10. The summed E-state index contributed by atoms with van der Waals surface area (Å²) in [7, 11) is 0. The summed E-state index contributed by atoms with van der Waals surface area (Å²) in [6, 6.07) is 10.0. The number of hydrogen-bond acceptors (Lipinski definition) is 3. The minimum atomic E-state index is -0.238. The molecule has 2 aliphatic rings. The standard InChI is InChI=1S/C14H15NO3/c16-14-15-8-4-7-13(12(15)10-18-14)17-9-11-5-2-1-3-6-11/h1-7,12-13H,8-10H2/t12-,13+/m1/s1. The number of nitrogens with zero attached hydrogens (tertiary/aromatic N) is 1. The highest BCUT2D eigenvalue weighted by molar-refractivity contribution is 5.70. The molecule has 0 saturated carbocycles. The van der Waals surface area contributed by atoms with Gasteiger partial charge in [-0.25, -0.2) is 4.79 Å². The van der Waals surface area contributed by atoms with Gasteiger partial charge in [0.05, 0.1) is 18.8 Å². The molecule has 0 spiro atoms. The normalized spacial score (nSPS) is 26.0. The van der Waals surface area contributed by atoms with Crippen LogP contribution in [0.5, 0.6) is 0 Å².